The van der Waals surface area contributed by atoms with E-state index in [0.717, 1.165) is 25.2 Å². The fourth-order valence-electron chi connectivity index (χ4n) is 4.93. The quantitative estimate of drug-likeness (QED) is 0.260. The lowest BCUT2D eigenvalue weighted by atomic mass is 9.96. The Kier molecular flexibility index (Phi) is 7.74. The van der Waals surface area contributed by atoms with Crippen molar-refractivity contribution in [2.24, 2.45) is 0 Å². The molecular formula is C28H34N4O4. The predicted molar refractivity (Wildman–Crippen MR) is 139 cm³/mol. The summed E-state index contributed by atoms with van der Waals surface area (Å²) in [6.45, 7) is 11.4. The number of carbonyl (C=O) groups excluding carboxylic acids is 2. The zero-order valence-corrected chi connectivity index (χ0v) is 21.4. The molecule has 190 valence electrons. The maximum atomic E-state index is 13.4. The van der Waals surface area contributed by atoms with Gasteiger partial charge in [0.2, 0.25) is 0 Å². The van der Waals surface area contributed by atoms with Crippen molar-refractivity contribution in [2.45, 2.75) is 40.2 Å². The van der Waals surface area contributed by atoms with E-state index in [-0.39, 0.29) is 11.3 Å². The van der Waals surface area contributed by atoms with Crippen LogP contribution < -0.4 is 4.74 Å². The summed E-state index contributed by atoms with van der Waals surface area (Å²) >= 11 is 0. The second kappa shape index (κ2) is 11.0. The highest BCUT2D eigenvalue weighted by Gasteiger charge is 2.46. The Morgan fingerprint density at radius 3 is 2.61 bits per heavy atom. The van der Waals surface area contributed by atoms with Gasteiger partial charge in [0.05, 0.1) is 23.9 Å². The standard InChI is InChI=1S/C28H34N4O4/c1-5-30(6-2)15-11-17-32-25(20-12-10-13-21(18-20)36-7-3)23(27(34)28(32)35)26(33)24-19(4)29-22-14-8-9-16-31(22)24/h8-10,12-14,16,18,25,33H,5-7,11,15,17H2,1-4H3/b26-23+. The van der Waals surface area contributed by atoms with E-state index in [4.69, 9.17) is 4.74 Å². The minimum Gasteiger partial charge on any atom is -0.505 e. The first-order valence-corrected chi connectivity index (χ1v) is 12.6. The highest BCUT2D eigenvalue weighted by atomic mass is 16.5. The third kappa shape index (κ3) is 4.73. The second-order valence-electron chi connectivity index (χ2n) is 8.85. The van der Waals surface area contributed by atoms with Gasteiger partial charge in [-0.25, -0.2) is 4.98 Å². The topological polar surface area (TPSA) is 87.4 Å². The minimum atomic E-state index is -0.726. The fourth-order valence-corrected chi connectivity index (χ4v) is 4.93. The lowest BCUT2D eigenvalue weighted by Crippen LogP contribution is -2.33. The lowest BCUT2D eigenvalue weighted by molar-refractivity contribution is -0.140. The molecule has 1 aliphatic rings. The van der Waals surface area contributed by atoms with Gasteiger partial charge < -0.3 is 19.6 Å². The minimum absolute atomic E-state index is 0.0743. The van der Waals surface area contributed by atoms with Crippen molar-refractivity contribution < 1.29 is 19.4 Å². The maximum absolute atomic E-state index is 13.4. The van der Waals surface area contributed by atoms with Crippen LogP contribution in [-0.4, -0.2) is 68.8 Å². The summed E-state index contributed by atoms with van der Waals surface area (Å²) in [5.74, 6) is -0.862. The number of rotatable bonds is 10. The van der Waals surface area contributed by atoms with E-state index in [0.29, 0.717) is 42.4 Å². The van der Waals surface area contributed by atoms with Crippen molar-refractivity contribution in [3.8, 4) is 5.75 Å². The van der Waals surface area contributed by atoms with Crippen molar-refractivity contribution in [1.29, 1.82) is 0 Å². The highest BCUT2D eigenvalue weighted by molar-refractivity contribution is 6.46. The molecule has 0 aliphatic carbocycles. The first-order chi connectivity index (χ1) is 17.4. The Morgan fingerprint density at radius 2 is 1.89 bits per heavy atom. The summed E-state index contributed by atoms with van der Waals surface area (Å²) in [6, 6.07) is 12.2. The molecule has 1 atom stereocenters. The van der Waals surface area contributed by atoms with Crippen LogP contribution in [0, 0.1) is 6.92 Å². The van der Waals surface area contributed by atoms with Crippen LogP contribution in [-0.2, 0) is 9.59 Å². The van der Waals surface area contributed by atoms with Gasteiger partial charge in [0, 0.05) is 12.7 Å². The van der Waals surface area contributed by atoms with E-state index >= 15 is 0 Å². The van der Waals surface area contributed by atoms with E-state index in [1.807, 2.05) is 49.4 Å². The number of fused-ring (bicyclic) bond motifs is 1. The number of benzene rings is 1. The number of ether oxygens (including phenoxy) is 1. The van der Waals surface area contributed by atoms with E-state index in [9.17, 15) is 14.7 Å². The Labute approximate surface area is 211 Å². The molecule has 1 amide bonds. The number of likely N-dealkylation sites (tertiary alicyclic amines) is 1. The van der Waals surface area contributed by atoms with Gasteiger partial charge in [-0.15, -0.1) is 0 Å². The fraction of sp³-hybridized carbons (Fsp3) is 0.393. The van der Waals surface area contributed by atoms with Gasteiger partial charge in [-0.1, -0.05) is 32.0 Å². The van der Waals surface area contributed by atoms with Crippen molar-refractivity contribution >= 4 is 23.1 Å². The van der Waals surface area contributed by atoms with E-state index in [1.54, 1.807) is 22.4 Å². The molecule has 8 nitrogen and oxygen atoms in total. The molecule has 3 heterocycles. The van der Waals surface area contributed by atoms with Crippen LogP contribution in [0.15, 0.2) is 54.2 Å². The summed E-state index contributed by atoms with van der Waals surface area (Å²) in [5.41, 5.74) is 2.44. The van der Waals surface area contributed by atoms with Crippen LogP contribution in [0.3, 0.4) is 0 Å². The largest absolute Gasteiger partial charge is 0.505 e. The monoisotopic (exact) mass is 490 g/mol. The molecule has 0 saturated carbocycles. The molecule has 2 aromatic heterocycles. The Bertz CT molecular complexity index is 1290. The molecule has 1 N–H and O–H groups in total. The van der Waals surface area contributed by atoms with Gasteiger partial charge in [0.1, 0.15) is 17.1 Å². The number of ketones is 1. The molecule has 0 spiro atoms. The molecule has 1 aromatic carbocycles. The smallest absolute Gasteiger partial charge is 0.295 e. The van der Waals surface area contributed by atoms with Gasteiger partial charge in [0.15, 0.2) is 5.76 Å². The number of imidazole rings is 1. The van der Waals surface area contributed by atoms with Gasteiger partial charge >= 0.3 is 0 Å². The number of aryl methyl sites for hydroxylation is 1. The summed E-state index contributed by atoms with van der Waals surface area (Å²) in [6.07, 6.45) is 2.50. The number of aliphatic hydroxyl groups excluding tert-OH is 1. The van der Waals surface area contributed by atoms with Crippen molar-refractivity contribution in [1.82, 2.24) is 19.2 Å². The third-order valence-corrected chi connectivity index (χ3v) is 6.72. The number of pyridine rings is 1. The zero-order valence-electron chi connectivity index (χ0n) is 21.4. The molecule has 1 aliphatic heterocycles. The first-order valence-electron chi connectivity index (χ1n) is 12.6. The van der Waals surface area contributed by atoms with Crippen LogP contribution in [0.5, 0.6) is 5.75 Å². The molecule has 8 heteroatoms. The number of Topliss-reactive ketones (excluding diaryl/α,β-unsaturated/α-hetero) is 1. The van der Waals surface area contributed by atoms with Gasteiger partial charge in [-0.2, -0.15) is 0 Å². The van der Waals surface area contributed by atoms with Crippen LogP contribution in [0.1, 0.15) is 50.2 Å². The molecule has 4 rings (SSSR count). The maximum Gasteiger partial charge on any atom is 0.295 e. The molecule has 0 radical (unpaired) electrons. The third-order valence-electron chi connectivity index (χ3n) is 6.72. The average molecular weight is 491 g/mol. The van der Waals surface area contributed by atoms with Crippen LogP contribution in [0.4, 0.5) is 0 Å². The predicted octanol–water partition coefficient (Wildman–Crippen LogP) is 4.20. The summed E-state index contributed by atoms with van der Waals surface area (Å²) in [4.78, 5) is 35.1. The van der Waals surface area contributed by atoms with Gasteiger partial charge in [-0.05, 0) is 69.7 Å². The van der Waals surface area contributed by atoms with E-state index in [1.165, 1.54) is 0 Å². The van der Waals surface area contributed by atoms with Crippen LogP contribution in [0.25, 0.3) is 11.4 Å². The number of hydrogen-bond acceptors (Lipinski definition) is 6. The lowest BCUT2D eigenvalue weighted by Gasteiger charge is -2.27. The summed E-state index contributed by atoms with van der Waals surface area (Å²) in [7, 11) is 0. The number of nitrogens with zero attached hydrogens (tertiary/aromatic N) is 4. The summed E-state index contributed by atoms with van der Waals surface area (Å²) in [5, 5.41) is 11.6. The number of hydrogen-bond donors (Lipinski definition) is 1. The van der Waals surface area contributed by atoms with Crippen molar-refractivity contribution in [2.75, 3.05) is 32.8 Å². The molecule has 1 fully saturated rings. The van der Waals surface area contributed by atoms with Crippen LogP contribution in [0.2, 0.25) is 0 Å². The average Bonchev–Trinajstić information content (AvgIpc) is 3.35. The molecule has 1 unspecified atom stereocenters. The second-order valence-corrected chi connectivity index (χ2v) is 8.85. The van der Waals surface area contributed by atoms with Crippen LogP contribution >= 0.6 is 0 Å². The van der Waals surface area contributed by atoms with Crippen molar-refractivity contribution in [3.63, 3.8) is 0 Å². The van der Waals surface area contributed by atoms with E-state index < -0.39 is 17.7 Å². The Morgan fingerprint density at radius 1 is 1.11 bits per heavy atom. The van der Waals surface area contributed by atoms with Gasteiger partial charge in [-0.3, -0.25) is 14.0 Å². The molecule has 36 heavy (non-hydrogen) atoms. The number of amides is 1. The molecule has 0 bridgehead atoms. The Balaban J connectivity index is 1.83. The Hall–Kier alpha value is -3.65. The van der Waals surface area contributed by atoms with Gasteiger partial charge in [0.25, 0.3) is 11.7 Å². The van der Waals surface area contributed by atoms with E-state index in [2.05, 4.69) is 23.7 Å². The van der Waals surface area contributed by atoms with Crippen molar-refractivity contribution in [3.05, 3.63) is 71.2 Å². The number of aromatic nitrogens is 2. The first kappa shape index (κ1) is 25.4. The number of carbonyl (C=O) groups is 2. The normalized spacial score (nSPS) is 17.5. The molecule has 3 aromatic rings. The molecular weight excluding hydrogens is 456 g/mol. The summed E-state index contributed by atoms with van der Waals surface area (Å²) < 4.78 is 7.44. The molecule has 1 saturated heterocycles. The SMILES string of the molecule is CCOc1cccc(C2/C(=C(\O)c3c(C)nc4ccccn34)C(=O)C(=O)N2CCCN(CC)CC)c1. The highest BCUT2D eigenvalue weighted by Crippen LogP contribution is 2.40. The zero-order chi connectivity index (χ0) is 25.8. The number of aliphatic hydroxyl groups is 1.